The lowest BCUT2D eigenvalue weighted by molar-refractivity contribution is -0.136. The van der Waals surface area contributed by atoms with E-state index >= 15 is 0 Å². The van der Waals surface area contributed by atoms with Gasteiger partial charge in [-0.25, -0.2) is 0 Å². The molecule has 6 nitrogen and oxygen atoms in total. The average molecular weight is 606 g/mol. The summed E-state index contributed by atoms with van der Waals surface area (Å²) >= 11 is 0. The topological polar surface area (TPSA) is 76.1 Å². The van der Waals surface area contributed by atoms with Gasteiger partial charge in [-0.1, -0.05) is 73.7 Å². The normalized spacial score (nSPS) is 13.3. The molecule has 2 aromatic rings. The molecule has 0 radical (unpaired) electrons. The van der Waals surface area contributed by atoms with E-state index in [1.807, 2.05) is 6.07 Å². The first-order valence-electron chi connectivity index (χ1n) is 13.9. The van der Waals surface area contributed by atoms with Crippen molar-refractivity contribution in [2.45, 2.75) is 46.7 Å². The van der Waals surface area contributed by atoms with E-state index in [0.717, 1.165) is 38.2 Å². The van der Waals surface area contributed by atoms with Crippen molar-refractivity contribution >= 4 is 17.8 Å². The second kappa shape index (κ2) is 21.2. The van der Waals surface area contributed by atoms with E-state index in [-0.39, 0.29) is 18.4 Å². The number of carboxylic acid groups (broad SMARTS) is 1. The number of aldehydes is 1. The zero-order valence-corrected chi connectivity index (χ0v) is 26.4. The van der Waals surface area contributed by atoms with Crippen LogP contribution in [0.5, 0.6) is 0 Å². The third-order valence-corrected chi connectivity index (χ3v) is 6.22. The molecule has 43 heavy (non-hydrogen) atoms. The zero-order chi connectivity index (χ0) is 33.0. The summed E-state index contributed by atoms with van der Waals surface area (Å²) in [5.41, 5.74) is 2.83. The Balaban J connectivity index is 0.000000959. The van der Waals surface area contributed by atoms with E-state index in [0.29, 0.717) is 27.8 Å². The van der Waals surface area contributed by atoms with Crippen LogP contribution in [-0.4, -0.2) is 76.0 Å². The van der Waals surface area contributed by atoms with Gasteiger partial charge in [-0.3, -0.25) is 9.59 Å². The lowest BCUT2D eigenvalue weighted by Crippen LogP contribution is -2.32. The molecule has 0 amide bonds. The summed E-state index contributed by atoms with van der Waals surface area (Å²) in [6, 6.07) is 15.9. The van der Waals surface area contributed by atoms with Gasteiger partial charge in [-0.05, 0) is 62.1 Å². The highest BCUT2D eigenvalue weighted by atomic mass is 19.4. The number of benzene rings is 2. The van der Waals surface area contributed by atoms with Crippen LogP contribution in [0.3, 0.4) is 0 Å². The van der Waals surface area contributed by atoms with Crippen molar-refractivity contribution < 1.29 is 37.3 Å². The van der Waals surface area contributed by atoms with E-state index < -0.39 is 17.7 Å². The predicted octanol–water partition coefficient (Wildman–Crippen LogP) is 7.66. The maximum Gasteiger partial charge on any atom is 0.416 e. The van der Waals surface area contributed by atoms with Gasteiger partial charge in [-0.15, -0.1) is 0 Å². The molecule has 1 heterocycles. The Morgan fingerprint density at radius 2 is 1.51 bits per heavy atom. The fraction of sp³-hybridized carbons (Fsp3) is 0.412. The van der Waals surface area contributed by atoms with Crippen molar-refractivity contribution in [1.29, 1.82) is 0 Å². The van der Waals surface area contributed by atoms with Gasteiger partial charge in [0.05, 0.1) is 18.8 Å². The molecule has 1 saturated heterocycles. The highest BCUT2D eigenvalue weighted by Gasteiger charge is 2.36. The Labute approximate surface area is 254 Å². The van der Waals surface area contributed by atoms with Gasteiger partial charge in [0.1, 0.15) is 6.29 Å². The predicted molar refractivity (Wildman–Crippen MR) is 167 cm³/mol. The Morgan fingerprint density at radius 3 is 1.91 bits per heavy atom. The first-order valence-corrected chi connectivity index (χ1v) is 13.9. The summed E-state index contributed by atoms with van der Waals surface area (Å²) in [7, 11) is 5.36. The monoisotopic (exact) mass is 605 g/mol. The van der Waals surface area contributed by atoms with Gasteiger partial charge in [0.2, 0.25) is 0 Å². The van der Waals surface area contributed by atoms with Gasteiger partial charge in [0, 0.05) is 39.3 Å². The number of hydrogen-bond acceptors (Lipinski definition) is 5. The summed E-state index contributed by atoms with van der Waals surface area (Å²) in [6.07, 6.45) is -3.40. The summed E-state index contributed by atoms with van der Waals surface area (Å²) in [5, 5.41) is 7.72. The quantitative estimate of drug-likeness (QED) is 0.258. The third-order valence-electron chi connectivity index (χ3n) is 6.22. The van der Waals surface area contributed by atoms with E-state index in [2.05, 4.69) is 23.3 Å². The lowest BCUT2D eigenvalue weighted by Gasteiger charge is -2.22. The maximum atomic E-state index is 13.7. The Morgan fingerprint density at radius 1 is 1.02 bits per heavy atom. The van der Waals surface area contributed by atoms with Crippen molar-refractivity contribution in [3.63, 3.8) is 0 Å². The van der Waals surface area contributed by atoms with Crippen molar-refractivity contribution in [3.8, 4) is 0 Å². The smallest absolute Gasteiger partial charge is 0.416 e. The minimum absolute atomic E-state index is 0.0828. The fourth-order valence-corrected chi connectivity index (χ4v) is 3.78. The van der Waals surface area contributed by atoms with Crippen LogP contribution in [-0.2, 0) is 20.7 Å². The molecule has 0 aliphatic carbocycles. The summed E-state index contributed by atoms with van der Waals surface area (Å²) in [5.74, 6) is -0.745. The van der Waals surface area contributed by atoms with E-state index in [1.54, 1.807) is 90.4 Å². The third kappa shape index (κ3) is 15.5. The van der Waals surface area contributed by atoms with Crippen LogP contribution in [0, 0.1) is 0 Å². The Hall–Kier alpha value is -3.53. The van der Waals surface area contributed by atoms with Crippen LogP contribution >= 0.6 is 0 Å². The van der Waals surface area contributed by atoms with Crippen LogP contribution in [0.25, 0.3) is 5.57 Å². The fourth-order valence-electron chi connectivity index (χ4n) is 3.78. The zero-order valence-electron chi connectivity index (χ0n) is 26.4. The standard InChI is InChI=1S/C24H23F3O.C5H11NO.C3H6O2.C2H6O/c1-16(2)22(14-20-12-8-9-13-21(20)15-28)23(18(4)24(25,26)27)17(3)19-10-6-5-7-11-19;1-6-2-4-7-5-3-6;1-2-3(4)5;1-3-2/h5-13,15H,4,14H2,1-3H3;2-5H2,1H3;2H2,1H3,(H,4,5);1-2H3/b23-17+;;;. The molecule has 0 aromatic heterocycles. The molecule has 0 spiro atoms. The van der Waals surface area contributed by atoms with Crippen LogP contribution in [0.15, 0.2) is 83.5 Å². The second-order valence-electron chi connectivity index (χ2n) is 9.89. The Kier molecular flexibility index (Phi) is 19.5. The number of alkyl halides is 3. The molecule has 9 heteroatoms. The summed E-state index contributed by atoms with van der Waals surface area (Å²) in [4.78, 5) is 23.0. The molecule has 1 aliphatic heterocycles. The highest BCUT2D eigenvalue weighted by Crippen LogP contribution is 2.40. The van der Waals surface area contributed by atoms with Crippen molar-refractivity contribution in [2.75, 3.05) is 47.6 Å². The van der Waals surface area contributed by atoms with Gasteiger partial charge in [-0.2, -0.15) is 13.2 Å². The number of ether oxygens (including phenoxy) is 2. The van der Waals surface area contributed by atoms with Crippen molar-refractivity contribution in [3.05, 3.63) is 100 Å². The summed E-state index contributed by atoms with van der Waals surface area (Å²) in [6.45, 7) is 14.2. The van der Waals surface area contributed by atoms with Gasteiger partial charge in [0.25, 0.3) is 0 Å². The van der Waals surface area contributed by atoms with Gasteiger partial charge >= 0.3 is 12.1 Å². The molecule has 2 aromatic carbocycles. The molecule has 1 aliphatic rings. The molecule has 1 fully saturated rings. The minimum Gasteiger partial charge on any atom is -0.481 e. The van der Waals surface area contributed by atoms with E-state index in [9.17, 15) is 22.8 Å². The van der Waals surface area contributed by atoms with Crippen LogP contribution < -0.4 is 0 Å². The van der Waals surface area contributed by atoms with E-state index in [4.69, 9.17) is 9.84 Å². The first kappa shape index (κ1) is 39.5. The number of allylic oxidation sites excluding steroid dienone is 5. The molecule has 0 unspecified atom stereocenters. The molecular weight excluding hydrogens is 559 g/mol. The average Bonchev–Trinajstić information content (AvgIpc) is 2.98. The number of rotatable bonds is 7. The minimum atomic E-state index is -4.56. The van der Waals surface area contributed by atoms with Crippen molar-refractivity contribution in [2.24, 2.45) is 0 Å². The number of carbonyl (C=O) groups excluding carboxylic acids is 1. The number of aliphatic carboxylic acids is 1. The summed E-state index contributed by atoms with van der Waals surface area (Å²) < 4.78 is 50.4. The molecule has 0 bridgehead atoms. The van der Waals surface area contributed by atoms with Crippen LogP contribution in [0.1, 0.15) is 55.6 Å². The molecular formula is C34H46F3NO5. The first-order chi connectivity index (χ1) is 20.2. The van der Waals surface area contributed by atoms with Gasteiger partial charge in [0.15, 0.2) is 0 Å². The number of carboxylic acids is 1. The number of nitrogens with zero attached hydrogens (tertiary/aromatic N) is 1. The van der Waals surface area contributed by atoms with E-state index in [1.165, 1.54) is 0 Å². The number of likely N-dealkylation sites (N-methyl/N-ethyl adjacent to an activating group) is 1. The number of carbonyl (C=O) groups is 2. The number of halogens is 3. The Bertz CT molecular complexity index is 1190. The molecule has 0 atom stereocenters. The molecule has 1 N–H and O–H groups in total. The van der Waals surface area contributed by atoms with Crippen molar-refractivity contribution in [1.82, 2.24) is 4.90 Å². The molecule has 238 valence electrons. The number of hydrogen-bond donors (Lipinski definition) is 1. The van der Waals surface area contributed by atoms with Gasteiger partial charge < -0.3 is 19.5 Å². The number of methoxy groups -OCH3 is 1. The number of morpholine rings is 1. The van der Waals surface area contributed by atoms with Crippen LogP contribution in [0.2, 0.25) is 0 Å². The van der Waals surface area contributed by atoms with Crippen LogP contribution in [0.4, 0.5) is 13.2 Å². The molecule has 3 rings (SSSR count). The maximum absolute atomic E-state index is 13.7. The molecule has 0 saturated carbocycles. The lowest BCUT2D eigenvalue weighted by atomic mass is 9.84. The second-order valence-corrected chi connectivity index (χ2v) is 9.89. The largest absolute Gasteiger partial charge is 0.481 e. The highest BCUT2D eigenvalue weighted by molar-refractivity contribution is 5.79. The SMILES string of the molecule is C=C(/C(C(Cc1ccccc1C=O)=C(C)C)=C(/C)c1ccccc1)C(F)(F)F.CCC(=O)O.CN1CCOCC1.COC.